The topological polar surface area (TPSA) is 29.6 Å². The van der Waals surface area contributed by atoms with E-state index in [0.717, 1.165) is 49.0 Å². The Labute approximate surface area is 140 Å². The zero-order chi connectivity index (χ0) is 15.8. The quantitative estimate of drug-likeness (QED) is 0.665. The first kappa shape index (κ1) is 14.7. The van der Waals surface area contributed by atoms with Crippen LogP contribution in [0.5, 0.6) is 0 Å². The van der Waals surface area contributed by atoms with Crippen molar-refractivity contribution >= 4 is 5.78 Å². The largest absolute Gasteiger partial charge is 0.370 e. The molecule has 1 unspecified atom stereocenters. The molecule has 126 valence electrons. The van der Waals surface area contributed by atoms with E-state index >= 15 is 0 Å². The first-order chi connectivity index (χ1) is 11.0. The van der Waals surface area contributed by atoms with Crippen LogP contribution in [0.1, 0.15) is 65.2 Å². The summed E-state index contributed by atoms with van der Waals surface area (Å²) in [4.78, 5) is 11.8. The fraction of sp³-hybridized carbons (Fsp3) is 0.857. The predicted molar refractivity (Wildman–Crippen MR) is 89.9 cm³/mol. The van der Waals surface area contributed by atoms with E-state index in [1.807, 2.05) is 6.08 Å². The van der Waals surface area contributed by atoms with Crippen molar-refractivity contribution in [3.05, 3.63) is 11.6 Å². The van der Waals surface area contributed by atoms with Gasteiger partial charge in [0.2, 0.25) is 0 Å². The maximum absolute atomic E-state index is 11.8. The third-order valence-electron chi connectivity index (χ3n) is 8.64. The van der Waals surface area contributed by atoms with E-state index in [2.05, 4.69) is 13.8 Å². The SMILES string of the molecule is CC1([C@H]2CC[C@H]3[C@@H]4CCC5=CC(=O)CC[C@@H]5[C@H]4CC[C@]23C)CO1. The fourth-order valence-electron chi connectivity index (χ4n) is 7.50. The van der Waals surface area contributed by atoms with Crippen molar-refractivity contribution in [1.29, 1.82) is 0 Å². The molecule has 0 N–H and O–H groups in total. The summed E-state index contributed by atoms with van der Waals surface area (Å²) >= 11 is 0. The molecule has 0 bridgehead atoms. The minimum atomic E-state index is 0.202. The highest BCUT2D eigenvalue weighted by Gasteiger charge is 2.63. The molecule has 0 aromatic rings. The Balaban J connectivity index is 1.43. The van der Waals surface area contributed by atoms with E-state index in [1.165, 1.54) is 44.1 Å². The lowest BCUT2D eigenvalue weighted by Gasteiger charge is -2.54. The molecule has 0 radical (unpaired) electrons. The molecule has 23 heavy (non-hydrogen) atoms. The highest BCUT2D eigenvalue weighted by molar-refractivity contribution is 5.91. The number of hydrogen-bond acceptors (Lipinski definition) is 2. The van der Waals surface area contributed by atoms with Gasteiger partial charge >= 0.3 is 0 Å². The van der Waals surface area contributed by atoms with Crippen LogP contribution in [-0.2, 0) is 9.53 Å². The molecule has 5 aliphatic rings. The van der Waals surface area contributed by atoms with Crippen LogP contribution in [0.3, 0.4) is 0 Å². The molecule has 3 saturated carbocycles. The molecule has 0 aromatic carbocycles. The van der Waals surface area contributed by atoms with Crippen molar-refractivity contribution in [1.82, 2.24) is 0 Å². The minimum Gasteiger partial charge on any atom is -0.370 e. The van der Waals surface area contributed by atoms with Crippen LogP contribution in [0.4, 0.5) is 0 Å². The molecule has 1 heterocycles. The lowest BCUT2D eigenvalue weighted by Crippen LogP contribution is -2.48. The van der Waals surface area contributed by atoms with Crippen LogP contribution in [0.15, 0.2) is 11.6 Å². The van der Waals surface area contributed by atoms with E-state index in [1.54, 1.807) is 0 Å². The number of ketones is 1. The van der Waals surface area contributed by atoms with Crippen LogP contribution < -0.4 is 0 Å². The lowest BCUT2D eigenvalue weighted by atomic mass is 9.50. The molecule has 7 atom stereocenters. The van der Waals surface area contributed by atoms with Crippen molar-refractivity contribution in [3.63, 3.8) is 0 Å². The van der Waals surface area contributed by atoms with E-state index in [9.17, 15) is 4.79 Å². The van der Waals surface area contributed by atoms with Gasteiger partial charge in [0.25, 0.3) is 0 Å². The van der Waals surface area contributed by atoms with Gasteiger partial charge in [0.15, 0.2) is 5.78 Å². The first-order valence-corrected chi connectivity index (χ1v) is 9.88. The third-order valence-corrected chi connectivity index (χ3v) is 8.64. The Hall–Kier alpha value is -0.630. The molecule has 4 fully saturated rings. The number of ether oxygens (including phenoxy) is 1. The zero-order valence-electron chi connectivity index (χ0n) is 14.6. The number of epoxide rings is 1. The number of hydrogen-bond donors (Lipinski definition) is 0. The van der Waals surface area contributed by atoms with Crippen molar-refractivity contribution in [3.8, 4) is 0 Å². The monoisotopic (exact) mass is 314 g/mol. The summed E-state index contributed by atoms with van der Waals surface area (Å²) in [6.07, 6.45) is 12.1. The third kappa shape index (κ3) is 2.00. The lowest BCUT2D eigenvalue weighted by molar-refractivity contribution is -0.116. The average molecular weight is 314 g/mol. The Bertz CT molecular complexity index is 572. The van der Waals surface area contributed by atoms with E-state index in [4.69, 9.17) is 4.74 Å². The standard InChI is InChI=1S/C21H30O2/c1-20-10-9-16-15-6-4-14(22)11-13(15)3-5-17(16)18(20)7-8-19(20)21(2)12-23-21/h11,15-19H,3-10,12H2,1-2H3/t15-,16+,17+,18-,19-,20-,21?/m0/s1. The van der Waals surface area contributed by atoms with Gasteiger partial charge in [-0.1, -0.05) is 12.5 Å². The summed E-state index contributed by atoms with van der Waals surface area (Å²) in [5.41, 5.74) is 2.23. The molecule has 0 spiro atoms. The highest BCUT2D eigenvalue weighted by Crippen LogP contribution is 2.67. The molecule has 0 amide bonds. The van der Waals surface area contributed by atoms with Gasteiger partial charge in [0, 0.05) is 6.42 Å². The Morgan fingerprint density at radius 1 is 1.04 bits per heavy atom. The number of carbonyl (C=O) groups is 1. The van der Waals surface area contributed by atoms with Gasteiger partial charge in [0.05, 0.1) is 12.2 Å². The van der Waals surface area contributed by atoms with Crippen LogP contribution in [0.2, 0.25) is 0 Å². The average Bonchev–Trinajstić information content (AvgIpc) is 3.16. The molecule has 1 saturated heterocycles. The summed E-state index contributed by atoms with van der Waals surface area (Å²) in [7, 11) is 0. The van der Waals surface area contributed by atoms with Crippen LogP contribution in [0, 0.1) is 35.0 Å². The molecule has 4 aliphatic carbocycles. The Morgan fingerprint density at radius 2 is 1.87 bits per heavy atom. The van der Waals surface area contributed by atoms with Gasteiger partial charge in [-0.15, -0.1) is 0 Å². The predicted octanol–water partition coefficient (Wildman–Crippen LogP) is 4.53. The maximum Gasteiger partial charge on any atom is 0.155 e. The molecule has 1 aliphatic heterocycles. The van der Waals surface area contributed by atoms with Gasteiger partial charge in [-0.05, 0) is 93.0 Å². The van der Waals surface area contributed by atoms with Gasteiger partial charge in [-0.2, -0.15) is 0 Å². The molecule has 5 rings (SSSR count). The van der Waals surface area contributed by atoms with Gasteiger partial charge in [-0.3, -0.25) is 4.79 Å². The number of rotatable bonds is 1. The molecule has 2 nitrogen and oxygen atoms in total. The summed E-state index contributed by atoms with van der Waals surface area (Å²) in [6.45, 7) is 5.94. The Morgan fingerprint density at radius 3 is 2.65 bits per heavy atom. The van der Waals surface area contributed by atoms with Crippen LogP contribution in [0.25, 0.3) is 0 Å². The summed E-state index contributed by atoms with van der Waals surface area (Å²) in [5, 5.41) is 0. The minimum absolute atomic E-state index is 0.202. The summed E-state index contributed by atoms with van der Waals surface area (Å²) in [6, 6.07) is 0. The van der Waals surface area contributed by atoms with Crippen molar-refractivity contribution < 1.29 is 9.53 Å². The molecular formula is C21H30O2. The van der Waals surface area contributed by atoms with Crippen LogP contribution >= 0.6 is 0 Å². The smallest absolute Gasteiger partial charge is 0.155 e. The normalized spacial score (nSPS) is 54.8. The second kappa shape index (κ2) is 4.71. The van der Waals surface area contributed by atoms with Crippen LogP contribution in [-0.4, -0.2) is 18.0 Å². The zero-order valence-corrected chi connectivity index (χ0v) is 14.6. The molecule has 0 aromatic heterocycles. The fourth-order valence-corrected chi connectivity index (χ4v) is 7.50. The van der Waals surface area contributed by atoms with Gasteiger partial charge < -0.3 is 4.74 Å². The molecular weight excluding hydrogens is 284 g/mol. The summed E-state index contributed by atoms with van der Waals surface area (Å²) < 4.78 is 5.88. The van der Waals surface area contributed by atoms with Crippen molar-refractivity contribution in [2.24, 2.45) is 35.0 Å². The second-order valence-electron chi connectivity index (χ2n) is 9.58. The van der Waals surface area contributed by atoms with Gasteiger partial charge in [0.1, 0.15) is 0 Å². The van der Waals surface area contributed by atoms with Gasteiger partial charge in [-0.25, -0.2) is 0 Å². The van der Waals surface area contributed by atoms with E-state index in [-0.39, 0.29) is 5.60 Å². The Kier molecular flexibility index (Phi) is 3.01. The highest BCUT2D eigenvalue weighted by atomic mass is 16.6. The second-order valence-corrected chi connectivity index (χ2v) is 9.58. The first-order valence-electron chi connectivity index (χ1n) is 9.88. The van der Waals surface area contributed by atoms with Crippen molar-refractivity contribution in [2.75, 3.05) is 6.61 Å². The van der Waals surface area contributed by atoms with E-state index < -0.39 is 0 Å². The number of allylic oxidation sites excluding steroid dienone is 1. The van der Waals surface area contributed by atoms with Crippen molar-refractivity contribution in [2.45, 2.75) is 70.8 Å². The molecule has 2 heteroatoms. The maximum atomic E-state index is 11.8. The summed E-state index contributed by atoms with van der Waals surface area (Å²) in [5.74, 6) is 4.60. The number of carbonyl (C=O) groups excluding carboxylic acids is 1. The number of fused-ring (bicyclic) bond motifs is 5. The van der Waals surface area contributed by atoms with E-state index in [0.29, 0.717) is 11.2 Å².